The monoisotopic (exact) mass is 119 g/mol. The van der Waals surface area contributed by atoms with Gasteiger partial charge in [-0.3, -0.25) is 5.43 Å². The topological polar surface area (TPSA) is 28.6 Å². The van der Waals surface area contributed by atoms with E-state index in [1.165, 1.54) is 11.5 Å². The minimum absolute atomic E-state index is 0.856. The van der Waals surface area contributed by atoms with E-state index in [4.69, 9.17) is 0 Å². The summed E-state index contributed by atoms with van der Waals surface area (Å²) in [6, 6.07) is 0.856. The third kappa shape index (κ3) is 1.33. The summed E-state index contributed by atoms with van der Waals surface area (Å²) in [5.74, 6) is 2.64. The van der Waals surface area contributed by atoms with E-state index in [0.717, 1.165) is 6.04 Å². The molecule has 2 nitrogen and oxygen atoms in total. The van der Waals surface area contributed by atoms with Crippen LogP contribution in [0.2, 0.25) is 0 Å². The third-order valence-electron chi connectivity index (χ3n) is 1.07. The lowest BCUT2D eigenvalue weighted by Gasteiger charge is -2.20. The summed E-state index contributed by atoms with van der Waals surface area (Å²) in [4.78, 5) is 0. The van der Waals surface area contributed by atoms with Crippen molar-refractivity contribution in [3.05, 3.63) is 0 Å². The predicted octanol–water partition coefficient (Wildman–Crippen LogP) is -1.20. The molecule has 1 aliphatic heterocycles. The molecule has 0 atom stereocenters. The SMILES string of the molecule is CN[NH2+]C1CSC1. The van der Waals surface area contributed by atoms with Crippen molar-refractivity contribution in [2.75, 3.05) is 18.6 Å². The Kier molecular flexibility index (Phi) is 1.97. The van der Waals surface area contributed by atoms with Crippen LogP contribution in [0.25, 0.3) is 0 Å². The Labute approximate surface area is 48.0 Å². The zero-order chi connectivity index (χ0) is 5.11. The van der Waals surface area contributed by atoms with Crippen molar-refractivity contribution in [3.63, 3.8) is 0 Å². The number of nitrogens with two attached hydrogens (primary N) is 1. The first-order valence-corrected chi connectivity index (χ1v) is 3.67. The Morgan fingerprint density at radius 1 is 1.71 bits per heavy atom. The normalized spacial score (nSPS) is 21.9. The van der Waals surface area contributed by atoms with Crippen molar-refractivity contribution >= 4 is 11.8 Å². The molecule has 0 bridgehead atoms. The fourth-order valence-corrected chi connectivity index (χ4v) is 1.29. The van der Waals surface area contributed by atoms with Crippen molar-refractivity contribution in [1.29, 1.82) is 0 Å². The second kappa shape index (κ2) is 2.55. The molecule has 0 aromatic rings. The van der Waals surface area contributed by atoms with E-state index in [0.29, 0.717) is 0 Å². The largest absolute Gasteiger partial charge is 0.265 e. The Hall–Kier alpha value is 0.270. The molecule has 0 amide bonds. The fourth-order valence-electron chi connectivity index (χ4n) is 0.586. The molecular formula is C4H11N2S+. The predicted molar refractivity (Wildman–Crippen MR) is 32.1 cm³/mol. The van der Waals surface area contributed by atoms with Gasteiger partial charge < -0.3 is 0 Å². The molecule has 0 spiro atoms. The molecular weight excluding hydrogens is 108 g/mol. The van der Waals surface area contributed by atoms with Gasteiger partial charge in [0, 0.05) is 18.6 Å². The van der Waals surface area contributed by atoms with Crippen LogP contribution in [0.3, 0.4) is 0 Å². The third-order valence-corrected chi connectivity index (χ3v) is 2.39. The highest BCUT2D eigenvalue weighted by molar-refractivity contribution is 8.00. The summed E-state index contributed by atoms with van der Waals surface area (Å²) in [6.07, 6.45) is 0. The van der Waals surface area contributed by atoms with E-state index in [2.05, 4.69) is 10.9 Å². The molecule has 1 fully saturated rings. The van der Waals surface area contributed by atoms with Gasteiger partial charge in [-0.25, -0.2) is 0 Å². The first kappa shape index (κ1) is 5.41. The summed E-state index contributed by atoms with van der Waals surface area (Å²) in [5, 5.41) is 0. The number of quaternary nitrogens is 1. The molecule has 0 aliphatic carbocycles. The summed E-state index contributed by atoms with van der Waals surface area (Å²) < 4.78 is 0. The lowest BCUT2D eigenvalue weighted by Crippen LogP contribution is -2.99. The molecule has 1 heterocycles. The second-order valence-corrected chi connectivity index (χ2v) is 2.83. The van der Waals surface area contributed by atoms with Crippen LogP contribution >= 0.6 is 11.8 Å². The van der Waals surface area contributed by atoms with E-state index in [1.54, 1.807) is 0 Å². The molecule has 1 rings (SSSR count). The highest BCUT2D eigenvalue weighted by Crippen LogP contribution is 2.13. The van der Waals surface area contributed by atoms with Crippen LogP contribution in [0.15, 0.2) is 0 Å². The standard InChI is InChI=1S/C4H10N2S/c1-5-6-4-2-7-3-4/h4-6H,2-3H2,1H3/p+1. The van der Waals surface area contributed by atoms with Crippen LogP contribution in [0.1, 0.15) is 0 Å². The molecule has 1 saturated heterocycles. The lowest BCUT2D eigenvalue weighted by molar-refractivity contribution is -0.732. The Balaban J connectivity index is 1.93. The van der Waals surface area contributed by atoms with Crippen LogP contribution in [-0.4, -0.2) is 24.6 Å². The number of hydrogen-bond donors (Lipinski definition) is 2. The van der Waals surface area contributed by atoms with Crippen molar-refractivity contribution in [2.45, 2.75) is 6.04 Å². The maximum absolute atomic E-state index is 3.03. The van der Waals surface area contributed by atoms with Crippen molar-refractivity contribution < 1.29 is 5.43 Å². The molecule has 3 N–H and O–H groups in total. The first-order valence-electron chi connectivity index (χ1n) is 2.52. The Morgan fingerprint density at radius 2 is 2.43 bits per heavy atom. The van der Waals surface area contributed by atoms with Gasteiger partial charge >= 0.3 is 0 Å². The highest BCUT2D eigenvalue weighted by Gasteiger charge is 2.19. The minimum Gasteiger partial charge on any atom is -0.265 e. The van der Waals surface area contributed by atoms with Crippen molar-refractivity contribution in [2.24, 2.45) is 0 Å². The number of nitrogens with one attached hydrogen (secondary N) is 1. The summed E-state index contributed by atoms with van der Waals surface area (Å²) in [7, 11) is 1.96. The lowest BCUT2D eigenvalue weighted by atomic mass is 10.4. The van der Waals surface area contributed by atoms with Gasteiger partial charge in [-0.2, -0.15) is 5.43 Å². The summed E-state index contributed by atoms with van der Waals surface area (Å²) in [6.45, 7) is 0. The van der Waals surface area contributed by atoms with E-state index >= 15 is 0 Å². The van der Waals surface area contributed by atoms with Crippen molar-refractivity contribution in [1.82, 2.24) is 5.43 Å². The zero-order valence-corrected chi connectivity index (χ0v) is 5.29. The maximum Gasteiger partial charge on any atom is 0.122 e. The Bertz CT molecular complexity index is 53.7. The van der Waals surface area contributed by atoms with Gasteiger partial charge in [-0.15, -0.1) is 11.8 Å². The smallest absolute Gasteiger partial charge is 0.122 e. The number of thioether (sulfide) groups is 1. The highest BCUT2D eigenvalue weighted by atomic mass is 32.2. The average molecular weight is 119 g/mol. The Morgan fingerprint density at radius 3 is 2.57 bits per heavy atom. The van der Waals surface area contributed by atoms with Crippen LogP contribution in [-0.2, 0) is 0 Å². The molecule has 0 aromatic heterocycles. The van der Waals surface area contributed by atoms with Crippen LogP contribution < -0.4 is 10.9 Å². The molecule has 0 saturated carbocycles. The fraction of sp³-hybridized carbons (Fsp3) is 1.00. The molecule has 0 unspecified atom stereocenters. The van der Waals surface area contributed by atoms with E-state index in [1.807, 2.05) is 18.8 Å². The summed E-state index contributed by atoms with van der Waals surface area (Å²) >= 11 is 2.01. The molecule has 1 aliphatic rings. The van der Waals surface area contributed by atoms with Gasteiger partial charge in [0.05, 0.1) is 0 Å². The van der Waals surface area contributed by atoms with Gasteiger partial charge in [-0.05, 0) is 0 Å². The van der Waals surface area contributed by atoms with E-state index in [-0.39, 0.29) is 0 Å². The molecule has 42 valence electrons. The first-order chi connectivity index (χ1) is 3.43. The molecule has 0 aromatic carbocycles. The van der Waals surface area contributed by atoms with Gasteiger partial charge in [0.15, 0.2) is 0 Å². The maximum atomic E-state index is 3.03. The second-order valence-electron chi connectivity index (χ2n) is 1.75. The van der Waals surface area contributed by atoms with E-state index < -0.39 is 0 Å². The van der Waals surface area contributed by atoms with E-state index in [9.17, 15) is 0 Å². The molecule has 3 heteroatoms. The minimum atomic E-state index is 0.856. The van der Waals surface area contributed by atoms with Gasteiger partial charge in [0.25, 0.3) is 0 Å². The molecule has 0 radical (unpaired) electrons. The average Bonchev–Trinajstić information content (AvgIpc) is 1.55. The summed E-state index contributed by atoms with van der Waals surface area (Å²) in [5.41, 5.74) is 5.19. The molecule has 7 heavy (non-hydrogen) atoms. The quantitative estimate of drug-likeness (QED) is 0.353. The zero-order valence-electron chi connectivity index (χ0n) is 4.48. The number of hydrogen-bond acceptors (Lipinski definition) is 2. The van der Waals surface area contributed by atoms with Crippen LogP contribution in [0.4, 0.5) is 0 Å². The van der Waals surface area contributed by atoms with Crippen LogP contribution in [0, 0.1) is 0 Å². The van der Waals surface area contributed by atoms with Crippen molar-refractivity contribution in [3.8, 4) is 0 Å². The van der Waals surface area contributed by atoms with Gasteiger partial charge in [0.1, 0.15) is 6.04 Å². The van der Waals surface area contributed by atoms with Gasteiger partial charge in [-0.1, -0.05) is 0 Å². The number of rotatable bonds is 2. The van der Waals surface area contributed by atoms with Gasteiger partial charge in [0.2, 0.25) is 0 Å². The van der Waals surface area contributed by atoms with Crippen LogP contribution in [0.5, 0.6) is 0 Å².